The number of aromatic nitrogens is 2. The summed E-state index contributed by atoms with van der Waals surface area (Å²) in [5.74, 6) is 0. The molecule has 1 heterocycles. The van der Waals surface area contributed by atoms with E-state index in [0.717, 1.165) is 16.7 Å². The van der Waals surface area contributed by atoms with E-state index in [9.17, 15) is 4.91 Å². The van der Waals surface area contributed by atoms with Crippen LogP contribution in [0.25, 0.3) is 11.3 Å². The summed E-state index contributed by atoms with van der Waals surface area (Å²) in [6.07, 6.45) is 1.45. The minimum Gasteiger partial charge on any atom is -0.275 e. The van der Waals surface area contributed by atoms with Gasteiger partial charge in [0, 0.05) is 5.56 Å². The SMILES string of the molecule is Cc1cc(C)c(-c2[nH]ncc2N=O)c(C)c1. The summed E-state index contributed by atoms with van der Waals surface area (Å²) in [4.78, 5) is 10.6. The van der Waals surface area contributed by atoms with Gasteiger partial charge in [-0.3, -0.25) is 5.10 Å². The summed E-state index contributed by atoms with van der Waals surface area (Å²) in [6, 6.07) is 4.16. The molecule has 0 fully saturated rings. The summed E-state index contributed by atoms with van der Waals surface area (Å²) in [5, 5.41) is 9.65. The second-order valence-corrected chi connectivity index (χ2v) is 4.00. The topological polar surface area (TPSA) is 58.1 Å². The molecule has 0 atom stereocenters. The summed E-state index contributed by atoms with van der Waals surface area (Å²) < 4.78 is 0. The van der Waals surface area contributed by atoms with Crippen molar-refractivity contribution in [3.8, 4) is 11.3 Å². The number of nitrogens with one attached hydrogen (secondary N) is 1. The van der Waals surface area contributed by atoms with Crippen molar-refractivity contribution in [3.05, 3.63) is 39.9 Å². The smallest absolute Gasteiger partial charge is 0.153 e. The molecule has 0 aliphatic carbocycles. The van der Waals surface area contributed by atoms with Gasteiger partial charge in [0.15, 0.2) is 5.69 Å². The molecule has 1 aromatic heterocycles. The van der Waals surface area contributed by atoms with Crippen molar-refractivity contribution in [2.75, 3.05) is 0 Å². The van der Waals surface area contributed by atoms with Gasteiger partial charge in [0.25, 0.3) is 0 Å². The first-order valence-corrected chi connectivity index (χ1v) is 5.08. The highest BCUT2D eigenvalue weighted by atomic mass is 16.3. The van der Waals surface area contributed by atoms with Gasteiger partial charge in [0.05, 0.1) is 11.9 Å². The Morgan fingerprint density at radius 3 is 2.38 bits per heavy atom. The standard InChI is InChI=1S/C12H13N3O/c1-7-4-8(2)11(9(3)5-7)12-10(15-16)6-13-14-12/h4-6H,1-3H3,(H,13,14). The Bertz CT molecular complexity index is 520. The average molecular weight is 215 g/mol. The molecule has 2 aromatic rings. The van der Waals surface area contributed by atoms with E-state index in [0.29, 0.717) is 11.4 Å². The van der Waals surface area contributed by atoms with Crippen LogP contribution in [0.2, 0.25) is 0 Å². The Morgan fingerprint density at radius 2 is 1.81 bits per heavy atom. The van der Waals surface area contributed by atoms with Crippen LogP contribution in [0.1, 0.15) is 16.7 Å². The normalized spacial score (nSPS) is 10.4. The van der Waals surface area contributed by atoms with Crippen molar-refractivity contribution < 1.29 is 0 Å². The highest BCUT2D eigenvalue weighted by Crippen LogP contribution is 2.33. The molecular weight excluding hydrogens is 202 g/mol. The van der Waals surface area contributed by atoms with E-state index < -0.39 is 0 Å². The van der Waals surface area contributed by atoms with Gasteiger partial charge in [-0.15, -0.1) is 4.91 Å². The number of hydrogen-bond donors (Lipinski definition) is 1. The molecule has 0 saturated carbocycles. The van der Waals surface area contributed by atoms with Crippen molar-refractivity contribution in [1.29, 1.82) is 0 Å². The molecule has 0 radical (unpaired) electrons. The number of benzene rings is 1. The Balaban J connectivity index is 2.69. The van der Waals surface area contributed by atoms with Gasteiger partial charge in [-0.1, -0.05) is 17.7 Å². The predicted molar refractivity (Wildman–Crippen MR) is 63.7 cm³/mol. The van der Waals surface area contributed by atoms with Gasteiger partial charge in [0.1, 0.15) is 0 Å². The maximum atomic E-state index is 10.6. The predicted octanol–water partition coefficient (Wildman–Crippen LogP) is 3.40. The van der Waals surface area contributed by atoms with Gasteiger partial charge in [0.2, 0.25) is 0 Å². The molecule has 0 spiro atoms. The van der Waals surface area contributed by atoms with Crippen LogP contribution in [0.5, 0.6) is 0 Å². The summed E-state index contributed by atoms with van der Waals surface area (Å²) >= 11 is 0. The molecule has 1 aromatic carbocycles. The zero-order valence-electron chi connectivity index (χ0n) is 9.53. The van der Waals surface area contributed by atoms with Gasteiger partial charge < -0.3 is 0 Å². The lowest BCUT2D eigenvalue weighted by Crippen LogP contribution is -1.90. The number of aromatic amines is 1. The summed E-state index contributed by atoms with van der Waals surface area (Å²) in [6.45, 7) is 6.09. The minimum absolute atomic E-state index is 0.357. The first kappa shape index (κ1) is 10.5. The summed E-state index contributed by atoms with van der Waals surface area (Å²) in [5.41, 5.74) is 5.51. The lowest BCUT2D eigenvalue weighted by atomic mass is 9.97. The second kappa shape index (κ2) is 3.89. The number of nitrogens with zero attached hydrogens (tertiary/aromatic N) is 2. The van der Waals surface area contributed by atoms with Gasteiger partial charge in [-0.2, -0.15) is 5.10 Å². The molecule has 82 valence electrons. The Hall–Kier alpha value is -1.97. The molecule has 0 amide bonds. The van der Waals surface area contributed by atoms with Crippen LogP contribution >= 0.6 is 0 Å². The van der Waals surface area contributed by atoms with E-state index in [1.807, 2.05) is 13.8 Å². The Morgan fingerprint density at radius 1 is 1.19 bits per heavy atom. The van der Waals surface area contributed by atoms with Gasteiger partial charge in [-0.25, -0.2) is 0 Å². The van der Waals surface area contributed by atoms with Crippen molar-refractivity contribution in [1.82, 2.24) is 10.2 Å². The fourth-order valence-electron chi connectivity index (χ4n) is 2.11. The van der Waals surface area contributed by atoms with E-state index in [1.54, 1.807) is 0 Å². The fourth-order valence-corrected chi connectivity index (χ4v) is 2.11. The monoisotopic (exact) mass is 215 g/mol. The molecule has 0 aliphatic rings. The molecule has 0 unspecified atom stereocenters. The van der Waals surface area contributed by atoms with Crippen molar-refractivity contribution in [2.45, 2.75) is 20.8 Å². The zero-order chi connectivity index (χ0) is 11.7. The first-order valence-electron chi connectivity index (χ1n) is 5.08. The third-order valence-corrected chi connectivity index (χ3v) is 2.64. The Labute approximate surface area is 93.7 Å². The lowest BCUT2D eigenvalue weighted by Gasteiger charge is -2.09. The number of nitroso groups, excluding NO2 is 1. The third-order valence-electron chi connectivity index (χ3n) is 2.64. The van der Waals surface area contributed by atoms with Crippen molar-refractivity contribution in [3.63, 3.8) is 0 Å². The fraction of sp³-hybridized carbons (Fsp3) is 0.250. The molecule has 0 saturated heterocycles. The van der Waals surface area contributed by atoms with Crippen molar-refractivity contribution >= 4 is 5.69 Å². The molecule has 2 rings (SSSR count). The minimum atomic E-state index is 0.357. The number of H-pyrrole nitrogens is 1. The van der Waals surface area contributed by atoms with Crippen LogP contribution in [0.3, 0.4) is 0 Å². The maximum absolute atomic E-state index is 10.6. The van der Waals surface area contributed by atoms with Crippen LogP contribution in [0.4, 0.5) is 5.69 Å². The van der Waals surface area contributed by atoms with E-state index >= 15 is 0 Å². The lowest BCUT2D eigenvalue weighted by molar-refractivity contribution is 1.09. The second-order valence-electron chi connectivity index (χ2n) is 4.00. The quantitative estimate of drug-likeness (QED) is 0.780. The molecule has 0 bridgehead atoms. The molecule has 1 N–H and O–H groups in total. The Kier molecular flexibility index (Phi) is 2.56. The van der Waals surface area contributed by atoms with Gasteiger partial charge in [-0.05, 0) is 37.1 Å². The zero-order valence-corrected chi connectivity index (χ0v) is 9.53. The molecule has 4 heteroatoms. The number of rotatable bonds is 2. The molecule has 4 nitrogen and oxygen atoms in total. The number of hydrogen-bond acceptors (Lipinski definition) is 3. The maximum Gasteiger partial charge on any atom is 0.153 e. The molecule has 0 aliphatic heterocycles. The average Bonchev–Trinajstić information content (AvgIpc) is 2.64. The van der Waals surface area contributed by atoms with E-state index in [1.165, 1.54) is 11.8 Å². The third kappa shape index (κ3) is 1.62. The summed E-state index contributed by atoms with van der Waals surface area (Å²) in [7, 11) is 0. The highest BCUT2D eigenvalue weighted by Gasteiger charge is 2.13. The van der Waals surface area contributed by atoms with Crippen LogP contribution in [0.15, 0.2) is 23.5 Å². The largest absolute Gasteiger partial charge is 0.275 e. The van der Waals surface area contributed by atoms with Crippen LogP contribution in [-0.2, 0) is 0 Å². The van der Waals surface area contributed by atoms with Gasteiger partial charge >= 0.3 is 0 Å². The van der Waals surface area contributed by atoms with E-state index in [4.69, 9.17) is 0 Å². The van der Waals surface area contributed by atoms with Crippen LogP contribution < -0.4 is 0 Å². The van der Waals surface area contributed by atoms with Crippen LogP contribution in [-0.4, -0.2) is 10.2 Å². The van der Waals surface area contributed by atoms with Crippen molar-refractivity contribution in [2.24, 2.45) is 5.18 Å². The molecule has 16 heavy (non-hydrogen) atoms. The molecular formula is C12H13N3O. The van der Waals surface area contributed by atoms with Crippen LogP contribution in [0, 0.1) is 25.7 Å². The highest BCUT2D eigenvalue weighted by molar-refractivity contribution is 5.76. The van der Waals surface area contributed by atoms with E-state index in [-0.39, 0.29) is 0 Å². The van der Waals surface area contributed by atoms with E-state index in [2.05, 4.69) is 34.4 Å². The first-order chi connectivity index (χ1) is 7.63. The number of aryl methyl sites for hydroxylation is 3.